The summed E-state index contributed by atoms with van der Waals surface area (Å²) in [5, 5.41) is 13.5. The first-order valence-electron chi connectivity index (χ1n) is 6.82. The average molecular weight is 317 g/mol. The number of aliphatic hydroxyl groups excluding tert-OH is 1. The summed E-state index contributed by atoms with van der Waals surface area (Å²) in [4.78, 5) is 0. The Morgan fingerprint density at radius 2 is 1.83 bits per heavy atom. The summed E-state index contributed by atoms with van der Waals surface area (Å²) in [5.41, 5.74) is 1.39. The molecule has 2 aromatic carbocycles. The molecule has 0 amide bonds. The molecule has 6 heteroatoms. The third-order valence-electron chi connectivity index (χ3n) is 3.41. The van der Waals surface area contributed by atoms with E-state index in [0.717, 1.165) is 18.2 Å². The van der Waals surface area contributed by atoms with E-state index in [1.807, 2.05) is 0 Å². The average Bonchev–Trinajstić information content (AvgIpc) is 2.98. The molecule has 0 aliphatic carbocycles. The number of halogens is 2. The Morgan fingerprint density at radius 1 is 1.09 bits per heavy atom. The molecule has 0 bridgehead atoms. The van der Waals surface area contributed by atoms with Crippen LogP contribution in [0.1, 0.15) is 5.56 Å². The molecule has 1 heterocycles. The predicted molar refractivity (Wildman–Crippen MR) is 79.8 cm³/mol. The molecular formula is C17H13F2NO3. The first-order valence-corrected chi connectivity index (χ1v) is 6.82. The lowest BCUT2D eigenvalue weighted by Gasteiger charge is -2.04. The highest BCUT2D eigenvalue weighted by atomic mass is 19.1. The molecule has 23 heavy (non-hydrogen) atoms. The van der Waals surface area contributed by atoms with Gasteiger partial charge in [0, 0.05) is 17.2 Å². The molecule has 0 radical (unpaired) electrons. The maximum Gasteiger partial charge on any atom is 0.173 e. The van der Waals surface area contributed by atoms with Crippen LogP contribution in [-0.4, -0.2) is 17.4 Å². The lowest BCUT2D eigenvalue weighted by Crippen LogP contribution is -1.91. The van der Waals surface area contributed by atoms with E-state index in [1.54, 1.807) is 24.3 Å². The Hall–Kier alpha value is -2.73. The highest BCUT2D eigenvalue weighted by molar-refractivity contribution is 5.73. The zero-order valence-electron chi connectivity index (χ0n) is 12.2. The molecule has 0 saturated carbocycles. The Morgan fingerprint density at radius 3 is 2.48 bits per heavy atom. The van der Waals surface area contributed by atoms with Crippen LogP contribution in [0, 0.1) is 11.6 Å². The summed E-state index contributed by atoms with van der Waals surface area (Å²) in [5.74, 6) is -0.517. The SMILES string of the molecule is COc1cccc(-c2onc(-c3cc(F)cc(F)c3)c2CO)c1. The third-order valence-corrected chi connectivity index (χ3v) is 3.41. The molecule has 0 aliphatic rings. The molecule has 0 fully saturated rings. The normalized spacial score (nSPS) is 10.8. The lowest BCUT2D eigenvalue weighted by molar-refractivity contribution is 0.281. The van der Waals surface area contributed by atoms with Crippen LogP contribution in [0.15, 0.2) is 47.0 Å². The fourth-order valence-electron chi connectivity index (χ4n) is 2.36. The molecule has 0 aliphatic heterocycles. The van der Waals surface area contributed by atoms with Crippen molar-refractivity contribution in [1.29, 1.82) is 0 Å². The van der Waals surface area contributed by atoms with Crippen LogP contribution in [-0.2, 0) is 6.61 Å². The number of ether oxygens (including phenoxy) is 1. The maximum absolute atomic E-state index is 13.4. The summed E-state index contributed by atoms with van der Waals surface area (Å²) in [7, 11) is 1.54. The van der Waals surface area contributed by atoms with E-state index in [4.69, 9.17) is 9.26 Å². The first-order chi connectivity index (χ1) is 11.1. The van der Waals surface area contributed by atoms with Gasteiger partial charge in [-0.15, -0.1) is 0 Å². The van der Waals surface area contributed by atoms with E-state index in [-0.39, 0.29) is 17.9 Å². The number of benzene rings is 2. The van der Waals surface area contributed by atoms with Crippen molar-refractivity contribution >= 4 is 0 Å². The van der Waals surface area contributed by atoms with Crippen molar-refractivity contribution in [3.8, 4) is 28.3 Å². The highest BCUT2D eigenvalue weighted by Crippen LogP contribution is 2.34. The lowest BCUT2D eigenvalue weighted by atomic mass is 10.0. The van der Waals surface area contributed by atoms with Gasteiger partial charge in [-0.25, -0.2) is 8.78 Å². The Labute approximate surface area is 130 Å². The molecule has 0 atom stereocenters. The molecular weight excluding hydrogens is 304 g/mol. The fourth-order valence-corrected chi connectivity index (χ4v) is 2.36. The van der Waals surface area contributed by atoms with E-state index in [0.29, 0.717) is 22.6 Å². The zero-order valence-corrected chi connectivity index (χ0v) is 12.2. The summed E-state index contributed by atoms with van der Waals surface area (Å²) in [6.07, 6.45) is 0. The minimum atomic E-state index is -0.727. The van der Waals surface area contributed by atoms with Gasteiger partial charge in [0.25, 0.3) is 0 Å². The molecule has 118 valence electrons. The largest absolute Gasteiger partial charge is 0.497 e. The van der Waals surface area contributed by atoms with Crippen molar-refractivity contribution in [2.75, 3.05) is 7.11 Å². The second-order valence-electron chi connectivity index (χ2n) is 4.89. The molecule has 1 N–H and O–H groups in total. The van der Waals surface area contributed by atoms with Crippen LogP contribution in [0.25, 0.3) is 22.6 Å². The number of rotatable bonds is 4. The molecule has 3 rings (SSSR count). The minimum Gasteiger partial charge on any atom is -0.497 e. The standard InChI is InChI=1S/C17H13F2NO3/c1-22-14-4-2-3-10(7-14)17-15(9-21)16(20-23-17)11-5-12(18)8-13(19)6-11/h2-8,21H,9H2,1H3. The Kier molecular flexibility index (Phi) is 4.08. The second kappa shape index (κ2) is 6.18. The third kappa shape index (κ3) is 2.93. The van der Waals surface area contributed by atoms with Gasteiger partial charge in [-0.3, -0.25) is 0 Å². The molecule has 0 unspecified atom stereocenters. The van der Waals surface area contributed by atoms with E-state index in [1.165, 1.54) is 7.11 Å². The van der Waals surface area contributed by atoms with E-state index >= 15 is 0 Å². The molecule has 0 spiro atoms. The number of methoxy groups -OCH3 is 1. The Balaban J connectivity index is 2.12. The van der Waals surface area contributed by atoms with Crippen molar-refractivity contribution < 1.29 is 23.1 Å². The van der Waals surface area contributed by atoms with Crippen molar-refractivity contribution in [1.82, 2.24) is 5.16 Å². The van der Waals surface area contributed by atoms with Crippen LogP contribution in [0.3, 0.4) is 0 Å². The highest BCUT2D eigenvalue weighted by Gasteiger charge is 2.19. The van der Waals surface area contributed by atoms with Gasteiger partial charge in [-0.1, -0.05) is 17.3 Å². The van der Waals surface area contributed by atoms with Crippen molar-refractivity contribution in [3.05, 3.63) is 59.7 Å². The van der Waals surface area contributed by atoms with Crippen molar-refractivity contribution in [2.24, 2.45) is 0 Å². The smallest absolute Gasteiger partial charge is 0.173 e. The molecule has 0 saturated heterocycles. The van der Waals surface area contributed by atoms with Gasteiger partial charge >= 0.3 is 0 Å². The molecule has 3 aromatic rings. The van der Waals surface area contributed by atoms with E-state index < -0.39 is 11.6 Å². The van der Waals surface area contributed by atoms with Crippen molar-refractivity contribution in [3.63, 3.8) is 0 Å². The van der Waals surface area contributed by atoms with Crippen LogP contribution in [0.5, 0.6) is 5.75 Å². The fraction of sp³-hybridized carbons (Fsp3) is 0.118. The van der Waals surface area contributed by atoms with Crippen LogP contribution >= 0.6 is 0 Å². The van der Waals surface area contributed by atoms with Gasteiger partial charge in [0.1, 0.15) is 23.1 Å². The summed E-state index contributed by atoms with van der Waals surface area (Å²) < 4.78 is 37.2. The van der Waals surface area contributed by atoms with Gasteiger partial charge in [0.2, 0.25) is 0 Å². The van der Waals surface area contributed by atoms with Crippen molar-refractivity contribution in [2.45, 2.75) is 6.61 Å². The topological polar surface area (TPSA) is 55.5 Å². The monoisotopic (exact) mass is 317 g/mol. The minimum absolute atomic E-state index is 0.198. The first kappa shape index (κ1) is 15.2. The van der Waals surface area contributed by atoms with Gasteiger partial charge in [-0.05, 0) is 24.3 Å². The number of aromatic nitrogens is 1. The summed E-state index contributed by atoms with van der Waals surface area (Å²) in [6.45, 7) is -0.385. The summed E-state index contributed by atoms with van der Waals surface area (Å²) in [6, 6.07) is 10.0. The van der Waals surface area contributed by atoms with Gasteiger partial charge < -0.3 is 14.4 Å². The second-order valence-corrected chi connectivity index (χ2v) is 4.89. The summed E-state index contributed by atoms with van der Waals surface area (Å²) >= 11 is 0. The number of hydrogen-bond acceptors (Lipinski definition) is 4. The number of aliphatic hydroxyl groups is 1. The number of hydrogen-bond donors (Lipinski definition) is 1. The number of nitrogens with zero attached hydrogens (tertiary/aromatic N) is 1. The van der Waals surface area contributed by atoms with E-state index in [2.05, 4.69) is 5.16 Å². The predicted octanol–water partition coefficient (Wildman–Crippen LogP) is 3.79. The zero-order chi connectivity index (χ0) is 16.4. The van der Waals surface area contributed by atoms with Crippen LogP contribution in [0.4, 0.5) is 8.78 Å². The van der Waals surface area contributed by atoms with Crippen LogP contribution in [0.2, 0.25) is 0 Å². The molecule has 1 aromatic heterocycles. The van der Waals surface area contributed by atoms with Gasteiger partial charge in [0.15, 0.2) is 5.76 Å². The maximum atomic E-state index is 13.4. The Bertz CT molecular complexity index is 825. The van der Waals surface area contributed by atoms with Crippen LogP contribution < -0.4 is 4.74 Å². The van der Waals surface area contributed by atoms with Gasteiger partial charge in [-0.2, -0.15) is 0 Å². The van der Waals surface area contributed by atoms with E-state index in [9.17, 15) is 13.9 Å². The quantitative estimate of drug-likeness (QED) is 0.795. The van der Waals surface area contributed by atoms with Gasteiger partial charge in [0.05, 0.1) is 19.3 Å². The molecule has 4 nitrogen and oxygen atoms in total.